The SMILES string of the molecule is CNC(C)CO.COc1ccc2c(Nc3ccccc3)ccnc2c1. The molecule has 0 aliphatic carbocycles. The topological polar surface area (TPSA) is 66.4 Å². The molecule has 0 amide bonds. The molecule has 3 N–H and O–H groups in total. The van der Waals surface area contributed by atoms with Crippen molar-refractivity contribution < 1.29 is 9.84 Å². The fourth-order valence-electron chi connectivity index (χ4n) is 2.13. The summed E-state index contributed by atoms with van der Waals surface area (Å²) >= 11 is 0. The van der Waals surface area contributed by atoms with Gasteiger partial charge in [-0.2, -0.15) is 0 Å². The molecule has 5 heteroatoms. The molecular weight excluding hydrogens is 314 g/mol. The number of aromatic nitrogens is 1. The molecule has 0 saturated carbocycles. The third kappa shape index (κ3) is 5.45. The van der Waals surface area contributed by atoms with Crippen LogP contribution in [-0.2, 0) is 0 Å². The number of rotatable bonds is 5. The molecule has 0 saturated heterocycles. The predicted octanol–water partition coefficient (Wildman–Crippen LogP) is 3.57. The Kier molecular flexibility index (Phi) is 7.19. The van der Waals surface area contributed by atoms with Gasteiger partial charge >= 0.3 is 0 Å². The molecule has 0 aliphatic rings. The van der Waals surface area contributed by atoms with Crippen molar-refractivity contribution in [3.63, 3.8) is 0 Å². The molecule has 0 aliphatic heterocycles. The number of nitrogens with zero attached hydrogens (tertiary/aromatic N) is 1. The molecule has 1 atom stereocenters. The van der Waals surface area contributed by atoms with Gasteiger partial charge in [0.25, 0.3) is 0 Å². The van der Waals surface area contributed by atoms with Gasteiger partial charge in [-0.1, -0.05) is 18.2 Å². The average molecular weight is 339 g/mol. The van der Waals surface area contributed by atoms with Crippen LogP contribution in [0.25, 0.3) is 10.9 Å². The fourth-order valence-corrected chi connectivity index (χ4v) is 2.13. The van der Waals surface area contributed by atoms with E-state index < -0.39 is 0 Å². The fraction of sp³-hybridized carbons (Fsp3) is 0.250. The highest BCUT2D eigenvalue weighted by Crippen LogP contribution is 2.27. The zero-order chi connectivity index (χ0) is 18.1. The number of methoxy groups -OCH3 is 1. The number of para-hydroxylation sites is 1. The van der Waals surface area contributed by atoms with Crippen molar-refractivity contribution in [3.05, 3.63) is 60.8 Å². The van der Waals surface area contributed by atoms with Gasteiger partial charge in [0, 0.05) is 35.1 Å². The smallest absolute Gasteiger partial charge is 0.121 e. The van der Waals surface area contributed by atoms with Crippen LogP contribution in [0.1, 0.15) is 6.92 Å². The van der Waals surface area contributed by atoms with Gasteiger partial charge in [0.15, 0.2) is 0 Å². The average Bonchev–Trinajstić information content (AvgIpc) is 2.68. The summed E-state index contributed by atoms with van der Waals surface area (Å²) in [5, 5.41) is 15.6. The van der Waals surface area contributed by atoms with Crippen LogP contribution < -0.4 is 15.4 Å². The van der Waals surface area contributed by atoms with Crippen LogP contribution in [0, 0.1) is 0 Å². The van der Waals surface area contributed by atoms with Crippen LogP contribution in [0.5, 0.6) is 5.75 Å². The number of hydrogen-bond donors (Lipinski definition) is 3. The van der Waals surface area contributed by atoms with Gasteiger partial charge in [0.05, 0.1) is 19.2 Å². The Bertz CT molecular complexity index is 774. The van der Waals surface area contributed by atoms with E-state index in [1.807, 2.05) is 68.6 Å². The minimum Gasteiger partial charge on any atom is -0.497 e. The zero-order valence-electron chi connectivity index (χ0n) is 14.9. The largest absolute Gasteiger partial charge is 0.497 e. The van der Waals surface area contributed by atoms with Gasteiger partial charge in [0.2, 0.25) is 0 Å². The van der Waals surface area contributed by atoms with E-state index in [-0.39, 0.29) is 12.6 Å². The minimum atomic E-state index is 0.219. The first kappa shape index (κ1) is 18.7. The van der Waals surface area contributed by atoms with Gasteiger partial charge in [-0.25, -0.2) is 0 Å². The number of aliphatic hydroxyl groups is 1. The normalized spacial score (nSPS) is 11.4. The summed E-state index contributed by atoms with van der Waals surface area (Å²) in [4.78, 5) is 4.37. The van der Waals surface area contributed by atoms with Gasteiger partial charge < -0.3 is 20.5 Å². The molecular formula is C20H25N3O2. The molecule has 1 unspecified atom stereocenters. The third-order valence-electron chi connectivity index (χ3n) is 3.77. The quantitative estimate of drug-likeness (QED) is 0.663. The monoisotopic (exact) mass is 339 g/mol. The van der Waals surface area contributed by atoms with E-state index >= 15 is 0 Å². The van der Waals surface area contributed by atoms with Crippen molar-refractivity contribution in [2.45, 2.75) is 13.0 Å². The maximum atomic E-state index is 8.27. The highest BCUT2D eigenvalue weighted by Gasteiger charge is 2.03. The van der Waals surface area contributed by atoms with E-state index in [9.17, 15) is 0 Å². The predicted molar refractivity (Wildman–Crippen MR) is 104 cm³/mol. The molecule has 1 aromatic heterocycles. The Labute approximate surface area is 148 Å². The molecule has 0 fully saturated rings. The highest BCUT2D eigenvalue weighted by atomic mass is 16.5. The maximum absolute atomic E-state index is 8.27. The Morgan fingerprint density at radius 1 is 1.12 bits per heavy atom. The number of hydrogen-bond acceptors (Lipinski definition) is 5. The van der Waals surface area contributed by atoms with Gasteiger partial charge in [-0.3, -0.25) is 4.98 Å². The van der Waals surface area contributed by atoms with Crippen LogP contribution in [-0.4, -0.2) is 36.9 Å². The number of likely N-dealkylation sites (N-methyl/N-ethyl adjacent to an activating group) is 1. The first-order valence-electron chi connectivity index (χ1n) is 8.21. The summed E-state index contributed by atoms with van der Waals surface area (Å²) in [6.07, 6.45) is 1.80. The van der Waals surface area contributed by atoms with Crippen LogP contribution >= 0.6 is 0 Å². The van der Waals surface area contributed by atoms with E-state index in [1.54, 1.807) is 13.3 Å². The molecule has 1 heterocycles. The first-order chi connectivity index (χ1) is 12.2. The van der Waals surface area contributed by atoms with Crippen LogP contribution in [0.2, 0.25) is 0 Å². The van der Waals surface area contributed by atoms with Crippen molar-refractivity contribution in [1.29, 1.82) is 0 Å². The van der Waals surface area contributed by atoms with Crippen molar-refractivity contribution in [1.82, 2.24) is 10.3 Å². The van der Waals surface area contributed by atoms with Crippen molar-refractivity contribution in [2.24, 2.45) is 0 Å². The van der Waals surface area contributed by atoms with E-state index in [1.165, 1.54) is 0 Å². The molecule has 3 aromatic rings. The van der Waals surface area contributed by atoms with Crippen molar-refractivity contribution in [3.8, 4) is 5.75 Å². The lowest BCUT2D eigenvalue weighted by Crippen LogP contribution is -2.24. The van der Waals surface area contributed by atoms with Crippen LogP contribution in [0.3, 0.4) is 0 Å². The molecule has 0 radical (unpaired) electrons. The number of benzene rings is 2. The van der Waals surface area contributed by atoms with Gasteiger partial charge in [-0.15, -0.1) is 0 Å². The molecule has 2 aromatic carbocycles. The summed E-state index contributed by atoms with van der Waals surface area (Å²) in [5.41, 5.74) is 3.02. The number of fused-ring (bicyclic) bond motifs is 1. The summed E-state index contributed by atoms with van der Waals surface area (Å²) in [7, 11) is 3.48. The van der Waals surface area contributed by atoms with Gasteiger partial charge in [0.1, 0.15) is 5.75 Å². The van der Waals surface area contributed by atoms with E-state index in [2.05, 4.69) is 15.6 Å². The Balaban J connectivity index is 0.000000326. The summed E-state index contributed by atoms with van der Waals surface area (Å²) in [6.45, 7) is 2.14. The highest BCUT2D eigenvalue weighted by molar-refractivity contribution is 5.93. The van der Waals surface area contributed by atoms with Crippen LogP contribution in [0.15, 0.2) is 60.8 Å². The second-order valence-corrected chi connectivity index (χ2v) is 5.60. The zero-order valence-corrected chi connectivity index (χ0v) is 14.9. The first-order valence-corrected chi connectivity index (χ1v) is 8.21. The molecule has 0 bridgehead atoms. The van der Waals surface area contributed by atoms with E-state index in [0.29, 0.717) is 0 Å². The van der Waals surface area contributed by atoms with Crippen molar-refractivity contribution >= 4 is 22.3 Å². The third-order valence-corrected chi connectivity index (χ3v) is 3.77. The second-order valence-electron chi connectivity index (χ2n) is 5.60. The summed E-state index contributed by atoms with van der Waals surface area (Å²) in [6, 6.07) is 18.2. The molecule has 132 valence electrons. The van der Waals surface area contributed by atoms with Crippen LogP contribution in [0.4, 0.5) is 11.4 Å². The number of anilines is 2. The Morgan fingerprint density at radius 3 is 2.48 bits per heavy atom. The van der Waals surface area contributed by atoms with E-state index in [0.717, 1.165) is 28.0 Å². The molecule has 3 rings (SSSR count). The maximum Gasteiger partial charge on any atom is 0.121 e. The standard InChI is InChI=1S/C16H14N2O.C4H11NO/c1-19-13-7-8-14-15(9-10-17-16(14)11-13)18-12-5-3-2-4-6-12;1-4(3-6)5-2/h2-11H,1H3,(H,17,18);4-6H,3H2,1-2H3. The number of pyridine rings is 1. The number of ether oxygens (including phenoxy) is 1. The Hall–Kier alpha value is -2.63. The number of aliphatic hydroxyl groups excluding tert-OH is 1. The Morgan fingerprint density at radius 2 is 1.88 bits per heavy atom. The summed E-state index contributed by atoms with van der Waals surface area (Å²) in [5.74, 6) is 0.817. The number of nitrogens with one attached hydrogen (secondary N) is 2. The lowest BCUT2D eigenvalue weighted by Gasteiger charge is -2.10. The lowest BCUT2D eigenvalue weighted by molar-refractivity contribution is 0.258. The molecule has 25 heavy (non-hydrogen) atoms. The van der Waals surface area contributed by atoms with Gasteiger partial charge in [-0.05, 0) is 44.3 Å². The van der Waals surface area contributed by atoms with E-state index in [4.69, 9.17) is 9.84 Å². The molecule has 0 spiro atoms. The van der Waals surface area contributed by atoms with Crippen molar-refractivity contribution in [2.75, 3.05) is 26.1 Å². The minimum absolute atomic E-state index is 0.219. The lowest BCUT2D eigenvalue weighted by atomic mass is 10.1. The second kappa shape index (κ2) is 9.61. The molecule has 5 nitrogen and oxygen atoms in total. The summed E-state index contributed by atoms with van der Waals surface area (Å²) < 4.78 is 5.22.